The van der Waals surface area contributed by atoms with E-state index in [-0.39, 0.29) is 0 Å². The molecule has 4 nitrogen and oxygen atoms in total. The van der Waals surface area contributed by atoms with Gasteiger partial charge in [-0.2, -0.15) is 0 Å². The van der Waals surface area contributed by atoms with Gasteiger partial charge in [-0.1, -0.05) is 121 Å². The molecule has 0 spiro atoms. The molecule has 0 N–H and O–H groups in total. The summed E-state index contributed by atoms with van der Waals surface area (Å²) in [5, 5.41) is 7.47. The fraction of sp³-hybridized carbons (Fsp3) is 0. The van der Waals surface area contributed by atoms with E-state index in [9.17, 15) is 0 Å². The second kappa shape index (κ2) is 12.3. The Morgan fingerprint density at radius 1 is 0.333 bits per heavy atom. The lowest BCUT2D eigenvalue weighted by molar-refractivity contribution is 1.07. The Balaban J connectivity index is 1.06. The monoisotopic (exact) mass is 706 g/mol. The maximum Gasteiger partial charge on any atom is 0.164 e. The summed E-state index contributed by atoms with van der Waals surface area (Å²) in [5.41, 5.74) is 8.55. The van der Waals surface area contributed by atoms with Gasteiger partial charge in [0.2, 0.25) is 0 Å². The van der Waals surface area contributed by atoms with Crippen molar-refractivity contribution < 1.29 is 0 Å². The summed E-state index contributed by atoms with van der Waals surface area (Å²) in [4.78, 5) is 15.4. The molecule has 0 saturated carbocycles. The van der Waals surface area contributed by atoms with Crippen molar-refractivity contribution in [3.8, 4) is 51.0 Å². The van der Waals surface area contributed by atoms with Crippen LogP contribution in [0.15, 0.2) is 182 Å². The fourth-order valence-electron chi connectivity index (χ4n) is 7.79. The molecule has 0 atom stereocenters. The molecule has 8 aromatic carbocycles. The van der Waals surface area contributed by atoms with Gasteiger partial charge in [0.05, 0.1) is 11.0 Å². The third kappa shape index (κ3) is 5.09. The first kappa shape index (κ1) is 30.7. The van der Waals surface area contributed by atoms with E-state index in [4.69, 9.17) is 15.0 Å². The van der Waals surface area contributed by atoms with Crippen LogP contribution in [0.4, 0.5) is 0 Å². The first-order valence-electron chi connectivity index (χ1n) is 18.1. The average molecular weight is 707 g/mol. The molecule has 0 unspecified atom stereocenters. The lowest BCUT2D eigenvalue weighted by Crippen LogP contribution is -2.01. The van der Waals surface area contributed by atoms with Crippen LogP contribution >= 0.6 is 11.3 Å². The highest BCUT2D eigenvalue weighted by Gasteiger charge is 2.17. The first-order valence-corrected chi connectivity index (χ1v) is 18.9. The average Bonchev–Trinajstić information content (AvgIpc) is 3.78. The predicted octanol–water partition coefficient (Wildman–Crippen LogP) is 13.2. The minimum absolute atomic E-state index is 0.635. The summed E-state index contributed by atoms with van der Waals surface area (Å²) in [6.07, 6.45) is 0. The van der Waals surface area contributed by atoms with Gasteiger partial charge in [-0.05, 0) is 82.6 Å². The van der Waals surface area contributed by atoms with Crippen LogP contribution in [0.5, 0.6) is 0 Å². The molecule has 11 rings (SSSR count). The van der Waals surface area contributed by atoms with E-state index in [1.165, 1.54) is 52.8 Å². The summed E-state index contributed by atoms with van der Waals surface area (Å²) in [6, 6.07) is 64.5. The highest BCUT2D eigenvalue weighted by atomic mass is 32.1. The van der Waals surface area contributed by atoms with Crippen LogP contribution in [0.1, 0.15) is 0 Å². The number of benzene rings is 8. The van der Waals surface area contributed by atoms with E-state index in [1.807, 2.05) is 6.07 Å². The third-order valence-corrected chi connectivity index (χ3v) is 11.6. The van der Waals surface area contributed by atoms with Crippen molar-refractivity contribution in [1.29, 1.82) is 0 Å². The second-order valence-electron chi connectivity index (χ2n) is 13.7. The van der Waals surface area contributed by atoms with Crippen LogP contribution < -0.4 is 0 Å². The topological polar surface area (TPSA) is 43.6 Å². The zero-order chi connectivity index (χ0) is 35.6. The van der Waals surface area contributed by atoms with E-state index < -0.39 is 0 Å². The standard InChI is InChI=1S/C49H30N4S/c1-2-11-31(12-3-1)33-15-10-16-36(27-33)48-50-47(51-49(52-48)37-23-26-41-40-18-7-9-20-45(40)54-46(41)30-37)32-21-24-38(25-22-32)53-43-19-8-6-17-39(43)42-28-34-13-4-5-14-35(34)29-44(42)53/h1-30H. The van der Waals surface area contributed by atoms with E-state index >= 15 is 0 Å². The molecule has 0 bridgehead atoms. The number of aromatic nitrogens is 4. The summed E-state index contributed by atoms with van der Waals surface area (Å²) < 4.78 is 4.85. The molecule has 11 aromatic rings. The first-order chi connectivity index (χ1) is 26.7. The van der Waals surface area contributed by atoms with Crippen molar-refractivity contribution in [3.63, 3.8) is 0 Å². The van der Waals surface area contributed by atoms with E-state index in [0.717, 1.165) is 33.5 Å². The van der Waals surface area contributed by atoms with Gasteiger partial charge >= 0.3 is 0 Å². The number of para-hydroxylation sites is 1. The minimum atomic E-state index is 0.635. The fourth-order valence-corrected chi connectivity index (χ4v) is 8.93. The Bertz CT molecular complexity index is 3210. The van der Waals surface area contributed by atoms with Gasteiger partial charge in [0.1, 0.15) is 0 Å². The van der Waals surface area contributed by atoms with E-state index in [0.29, 0.717) is 17.5 Å². The Labute approximate surface area is 315 Å². The van der Waals surface area contributed by atoms with Crippen LogP contribution in [0.3, 0.4) is 0 Å². The molecule has 252 valence electrons. The van der Waals surface area contributed by atoms with Crippen LogP contribution in [0, 0.1) is 0 Å². The number of hydrogen-bond acceptors (Lipinski definition) is 4. The zero-order valence-electron chi connectivity index (χ0n) is 29.0. The normalized spacial score (nSPS) is 11.7. The largest absolute Gasteiger partial charge is 0.309 e. The van der Waals surface area contributed by atoms with Crippen LogP contribution in [-0.4, -0.2) is 19.5 Å². The van der Waals surface area contributed by atoms with Gasteiger partial charge in [-0.15, -0.1) is 11.3 Å². The van der Waals surface area contributed by atoms with Gasteiger partial charge in [0, 0.05) is 53.3 Å². The Kier molecular flexibility index (Phi) is 7.00. The molecule has 0 aliphatic carbocycles. The second-order valence-corrected chi connectivity index (χ2v) is 14.8. The lowest BCUT2D eigenvalue weighted by atomic mass is 10.0. The van der Waals surface area contributed by atoms with Crippen LogP contribution in [0.25, 0.3) is 104 Å². The van der Waals surface area contributed by atoms with Crippen molar-refractivity contribution in [2.45, 2.75) is 0 Å². The Morgan fingerprint density at radius 3 is 1.74 bits per heavy atom. The van der Waals surface area contributed by atoms with Gasteiger partial charge in [-0.3, -0.25) is 0 Å². The van der Waals surface area contributed by atoms with Crippen LogP contribution in [0.2, 0.25) is 0 Å². The molecule has 0 amide bonds. The number of thiophene rings is 1. The molecule has 0 saturated heterocycles. The van der Waals surface area contributed by atoms with Crippen molar-refractivity contribution in [3.05, 3.63) is 182 Å². The summed E-state index contributed by atoms with van der Waals surface area (Å²) >= 11 is 1.80. The Hall–Kier alpha value is -6.95. The SMILES string of the molecule is c1ccc(-c2cccc(-c3nc(-c4ccc(-n5c6ccccc6c6cc7ccccc7cc65)cc4)nc(-c4ccc5c(c4)sc4ccccc45)n3)c2)cc1. The smallest absolute Gasteiger partial charge is 0.164 e. The number of nitrogens with zero attached hydrogens (tertiary/aromatic N) is 4. The molecule has 5 heteroatoms. The number of fused-ring (bicyclic) bond motifs is 7. The van der Waals surface area contributed by atoms with Crippen molar-refractivity contribution in [1.82, 2.24) is 19.5 Å². The molecule has 0 radical (unpaired) electrons. The molecular weight excluding hydrogens is 677 g/mol. The molecule has 3 aromatic heterocycles. The van der Waals surface area contributed by atoms with Crippen molar-refractivity contribution >= 4 is 64.1 Å². The number of hydrogen-bond donors (Lipinski definition) is 0. The van der Waals surface area contributed by atoms with Gasteiger partial charge in [0.25, 0.3) is 0 Å². The Morgan fingerprint density at radius 2 is 0.926 bits per heavy atom. The van der Waals surface area contributed by atoms with Crippen molar-refractivity contribution in [2.75, 3.05) is 0 Å². The van der Waals surface area contributed by atoms with E-state index in [1.54, 1.807) is 11.3 Å². The molecular formula is C49H30N4S. The third-order valence-electron chi connectivity index (χ3n) is 10.4. The maximum atomic E-state index is 5.14. The molecule has 0 aliphatic heterocycles. The van der Waals surface area contributed by atoms with Gasteiger partial charge in [-0.25, -0.2) is 15.0 Å². The van der Waals surface area contributed by atoms with Gasteiger partial charge in [0.15, 0.2) is 17.5 Å². The highest BCUT2D eigenvalue weighted by molar-refractivity contribution is 7.25. The minimum Gasteiger partial charge on any atom is -0.309 e. The summed E-state index contributed by atoms with van der Waals surface area (Å²) in [6.45, 7) is 0. The van der Waals surface area contributed by atoms with Crippen LogP contribution in [-0.2, 0) is 0 Å². The summed E-state index contributed by atoms with van der Waals surface area (Å²) in [5.74, 6) is 1.93. The predicted molar refractivity (Wildman–Crippen MR) is 226 cm³/mol. The van der Waals surface area contributed by atoms with E-state index in [2.05, 4.69) is 180 Å². The number of rotatable bonds is 5. The molecule has 3 heterocycles. The van der Waals surface area contributed by atoms with Gasteiger partial charge < -0.3 is 4.57 Å². The maximum absolute atomic E-state index is 5.14. The molecule has 0 aliphatic rings. The lowest BCUT2D eigenvalue weighted by Gasteiger charge is -2.11. The quantitative estimate of drug-likeness (QED) is 0.179. The summed E-state index contributed by atoms with van der Waals surface area (Å²) in [7, 11) is 0. The molecule has 54 heavy (non-hydrogen) atoms. The molecule has 0 fully saturated rings. The highest BCUT2D eigenvalue weighted by Crippen LogP contribution is 2.38. The zero-order valence-corrected chi connectivity index (χ0v) is 29.8. The van der Waals surface area contributed by atoms with Crippen molar-refractivity contribution in [2.24, 2.45) is 0 Å².